The molecule has 1 spiro atoms. The van der Waals surface area contributed by atoms with Crippen LogP contribution in [0, 0.1) is 25.7 Å². The van der Waals surface area contributed by atoms with Gasteiger partial charge in [-0.2, -0.15) is 0 Å². The average molecular weight is 709 g/mol. The third-order valence-corrected chi connectivity index (χ3v) is 10.2. The molecule has 5 rings (SSSR count). The number of amides is 3. The number of rotatable bonds is 14. The number of ether oxygens (including phenoxy) is 2. The lowest BCUT2D eigenvalue weighted by molar-refractivity contribution is -0.146. The number of likely N-dealkylation sites (tertiary alicyclic amines) is 1. The van der Waals surface area contributed by atoms with Gasteiger partial charge in [0.25, 0.3) is 5.91 Å². The molecule has 2 N–H and O–H groups in total. The molecule has 0 radical (unpaired) electrons. The predicted octanol–water partition coefficient (Wildman–Crippen LogP) is 3.93. The molecule has 2 aromatic carbocycles. The number of β-amino-alcohol motifs (C(OH)–C–C–N with tert-alkyl or cyclic N) is 1. The molecule has 250 valence electrons. The zero-order chi connectivity index (χ0) is 33.9. The van der Waals surface area contributed by atoms with Crippen LogP contribution < -0.4 is 10.2 Å². The van der Waals surface area contributed by atoms with Crippen LogP contribution in [0.4, 0.5) is 5.69 Å². The van der Waals surface area contributed by atoms with E-state index in [0.717, 1.165) is 16.7 Å². The highest BCUT2D eigenvalue weighted by molar-refractivity contribution is 9.09. The van der Waals surface area contributed by atoms with E-state index in [4.69, 9.17) is 9.47 Å². The lowest BCUT2D eigenvalue weighted by Crippen LogP contribution is -2.57. The monoisotopic (exact) mass is 707 g/mol. The Balaban J connectivity index is 1.48. The highest BCUT2D eigenvalue weighted by atomic mass is 79.9. The molecule has 0 aromatic heterocycles. The van der Waals surface area contributed by atoms with Gasteiger partial charge in [0, 0.05) is 30.0 Å². The molecule has 11 heteroatoms. The SMILES string of the molecule is C=CCCC(=O)OC[C@@H](NC(=O)[C@H]1[C@@H]2O[C@@]3(CC2Br)[C@@H]1C(=O)N(CCO)[C@@H]3C(=O)N(CC=C)c1cc(C)ccc1C)c1ccccc1. The van der Waals surface area contributed by atoms with Crippen molar-refractivity contribution >= 4 is 45.3 Å². The topological polar surface area (TPSA) is 125 Å². The molecule has 0 aliphatic carbocycles. The van der Waals surface area contributed by atoms with Crippen molar-refractivity contribution in [2.45, 2.75) is 61.7 Å². The van der Waals surface area contributed by atoms with E-state index in [1.54, 1.807) is 17.1 Å². The first-order chi connectivity index (χ1) is 22.6. The van der Waals surface area contributed by atoms with Gasteiger partial charge in [-0.15, -0.1) is 13.2 Å². The second-order valence-electron chi connectivity index (χ2n) is 12.4. The number of aryl methyl sites for hydroxylation is 2. The van der Waals surface area contributed by atoms with Gasteiger partial charge in [-0.3, -0.25) is 19.2 Å². The van der Waals surface area contributed by atoms with Crippen molar-refractivity contribution in [1.82, 2.24) is 10.2 Å². The van der Waals surface area contributed by atoms with E-state index >= 15 is 0 Å². The number of carbonyl (C=O) groups is 4. The molecule has 1 unspecified atom stereocenters. The predicted molar refractivity (Wildman–Crippen MR) is 181 cm³/mol. The number of hydrogen-bond donors (Lipinski definition) is 2. The van der Waals surface area contributed by atoms with Crippen LogP contribution in [0.5, 0.6) is 0 Å². The molecule has 2 aromatic rings. The minimum absolute atomic E-state index is 0.0924. The second kappa shape index (κ2) is 14.5. The Kier molecular flexibility index (Phi) is 10.7. The Bertz CT molecular complexity index is 1530. The Morgan fingerprint density at radius 1 is 1.19 bits per heavy atom. The number of esters is 1. The summed E-state index contributed by atoms with van der Waals surface area (Å²) in [5.74, 6) is -3.52. The standard InChI is InChI=1S/C36H42BrN3O7/c1-5-7-13-28(42)46-21-26(24-11-9-8-10-12-24)38-33(43)29-30-34(44)40(17-18-41)32(36(30)20-25(37)31(29)47-36)35(45)39(16-6-2)27-19-22(3)14-15-23(27)4/h5-6,8-12,14-15,19,25-26,29-32,41H,1-2,7,13,16-18,20-21H2,3-4H3,(H,38,43)/t25?,26-,29-,30+,31-,32-,36+/m1/s1. The van der Waals surface area contributed by atoms with Gasteiger partial charge < -0.3 is 29.7 Å². The van der Waals surface area contributed by atoms with Crippen molar-refractivity contribution in [2.75, 3.05) is 31.2 Å². The number of allylic oxidation sites excluding steroid dienone is 1. The van der Waals surface area contributed by atoms with Crippen molar-refractivity contribution in [2.24, 2.45) is 11.8 Å². The van der Waals surface area contributed by atoms with Crippen LogP contribution in [0.1, 0.15) is 42.0 Å². The van der Waals surface area contributed by atoms with Gasteiger partial charge in [0.15, 0.2) is 0 Å². The number of halogens is 1. The van der Waals surface area contributed by atoms with Crippen LogP contribution in [-0.4, -0.2) is 82.6 Å². The number of aliphatic hydroxyl groups is 1. The molecular formula is C36H42BrN3O7. The first kappa shape index (κ1) is 34.5. The molecule has 10 nitrogen and oxygen atoms in total. The van der Waals surface area contributed by atoms with E-state index in [1.165, 1.54) is 4.90 Å². The Hall–Kier alpha value is -3.80. The van der Waals surface area contributed by atoms with Gasteiger partial charge in [-0.25, -0.2) is 0 Å². The number of anilines is 1. The summed E-state index contributed by atoms with van der Waals surface area (Å²) >= 11 is 3.71. The van der Waals surface area contributed by atoms with Gasteiger partial charge in [-0.05, 0) is 49.4 Å². The molecule has 2 bridgehead atoms. The van der Waals surface area contributed by atoms with Crippen molar-refractivity contribution in [3.8, 4) is 0 Å². The van der Waals surface area contributed by atoms with Gasteiger partial charge in [0.05, 0.1) is 30.6 Å². The molecule has 3 saturated heterocycles. The zero-order valence-electron chi connectivity index (χ0n) is 26.8. The summed E-state index contributed by atoms with van der Waals surface area (Å²) < 4.78 is 12.2. The third kappa shape index (κ3) is 6.53. The zero-order valence-corrected chi connectivity index (χ0v) is 28.4. The average Bonchev–Trinajstić information content (AvgIpc) is 3.65. The van der Waals surface area contributed by atoms with Gasteiger partial charge >= 0.3 is 5.97 Å². The Morgan fingerprint density at radius 2 is 1.94 bits per heavy atom. The number of alkyl halides is 1. The molecule has 3 aliphatic heterocycles. The summed E-state index contributed by atoms with van der Waals surface area (Å²) in [4.78, 5) is 58.2. The highest BCUT2D eigenvalue weighted by Gasteiger charge is 2.76. The number of aliphatic hydroxyl groups excluding tert-OH is 1. The lowest BCUT2D eigenvalue weighted by Gasteiger charge is -2.37. The summed E-state index contributed by atoms with van der Waals surface area (Å²) in [5, 5.41) is 13.1. The molecule has 3 amide bonds. The summed E-state index contributed by atoms with van der Waals surface area (Å²) in [6, 6.07) is 13.2. The Labute approximate surface area is 283 Å². The number of hydrogen-bond acceptors (Lipinski definition) is 7. The fraction of sp³-hybridized carbons (Fsp3) is 0.444. The molecule has 47 heavy (non-hydrogen) atoms. The maximum atomic E-state index is 14.7. The van der Waals surface area contributed by atoms with Crippen molar-refractivity contribution in [1.29, 1.82) is 0 Å². The van der Waals surface area contributed by atoms with E-state index in [0.29, 0.717) is 18.5 Å². The molecule has 3 heterocycles. The first-order valence-electron chi connectivity index (χ1n) is 15.9. The number of fused-ring (bicyclic) bond motifs is 1. The fourth-order valence-electron chi connectivity index (χ4n) is 7.29. The Morgan fingerprint density at radius 3 is 2.62 bits per heavy atom. The minimum atomic E-state index is -1.30. The van der Waals surface area contributed by atoms with Gasteiger partial charge in [0.1, 0.15) is 18.2 Å². The van der Waals surface area contributed by atoms with Gasteiger partial charge in [0.2, 0.25) is 11.8 Å². The van der Waals surface area contributed by atoms with Crippen LogP contribution in [0.2, 0.25) is 0 Å². The largest absolute Gasteiger partial charge is 0.463 e. The maximum Gasteiger partial charge on any atom is 0.306 e. The summed E-state index contributed by atoms with van der Waals surface area (Å²) in [6.07, 6.45) is 3.55. The summed E-state index contributed by atoms with van der Waals surface area (Å²) in [6.45, 7) is 11.0. The summed E-state index contributed by atoms with van der Waals surface area (Å²) in [7, 11) is 0. The van der Waals surface area contributed by atoms with Crippen molar-refractivity contribution in [3.05, 3.63) is 90.5 Å². The number of carbonyl (C=O) groups excluding carboxylic acids is 4. The van der Waals surface area contributed by atoms with Crippen LogP contribution in [0.25, 0.3) is 0 Å². The van der Waals surface area contributed by atoms with E-state index in [-0.39, 0.29) is 43.5 Å². The van der Waals surface area contributed by atoms with Gasteiger partial charge in [-0.1, -0.05) is 70.5 Å². The molecule has 3 aliphatic rings. The normalized spacial score (nSPS) is 26.4. The van der Waals surface area contributed by atoms with Crippen LogP contribution in [0.3, 0.4) is 0 Å². The van der Waals surface area contributed by atoms with E-state index < -0.39 is 53.4 Å². The first-order valence-corrected chi connectivity index (χ1v) is 16.8. The highest BCUT2D eigenvalue weighted by Crippen LogP contribution is 2.60. The molecule has 3 fully saturated rings. The maximum absolute atomic E-state index is 14.7. The van der Waals surface area contributed by atoms with Crippen LogP contribution in [0.15, 0.2) is 73.8 Å². The number of nitrogens with one attached hydrogen (secondary N) is 1. The van der Waals surface area contributed by atoms with E-state index in [9.17, 15) is 24.3 Å². The van der Waals surface area contributed by atoms with E-state index in [1.807, 2.05) is 62.4 Å². The van der Waals surface area contributed by atoms with Crippen molar-refractivity contribution < 1.29 is 33.8 Å². The third-order valence-electron chi connectivity index (χ3n) is 9.38. The fourth-order valence-corrected chi connectivity index (χ4v) is 8.24. The number of nitrogens with zero attached hydrogens (tertiary/aromatic N) is 2. The van der Waals surface area contributed by atoms with Crippen LogP contribution >= 0.6 is 15.9 Å². The quantitative estimate of drug-likeness (QED) is 0.173. The van der Waals surface area contributed by atoms with E-state index in [2.05, 4.69) is 34.4 Å². The van der Waals surface area contributed by atoms with Crippen LogP contribution in [-0.2, 0) is 28.7 Å². The smallest absolute Gasteiger partial charge is 0.306 e. The molecule has 0 saturated carbocycles. The summed E-state index contributed by atoms with van der Waals surface area (Å²) in [5.41, 5.74) is 1.96. The van der Waals surface area contributed by atoms with Crippen molar-refractivity contribution in [3.63, 3.8) is 0 Å². The molecule has 7 atom stereocenters. The second-order valence-corrected chi connectivity index (χ2v) is 13.6. The lowest BCUT2D eigenvalue weighted by atomic mass is 9.70. The minimum Gasteiger partial charge on any atom is -0.463 e. The molecular weight excluding hydrogens is 666 g/mol. The number of benzene rings is 2.